The van der Waals surface area contributed by atoms with E-state index in [9.17, 15) is 0 Å². The molecule has 6 rings (SSSR count). The van der Waals surface area contributed by atoms with E-state index in [1.54, 1.807) is 12.7 Å². The molecule has 12 heteroatoms. The molecule has 0 N–H and O–H groups in total. The number of ether oxygens (including phenoxy) is 7. The van der Waals surface area contributed by atoms with Crippen LogP contribution >= 0.6 is 0 Å². The molecule has 0 radical (unpaired) electrons. The number of rotatable bonds is 14. The van der Waals surface area contributed by atoms with Crippen molar-refractivity contribution < 1.29 is 73.5 Å². The third-order valence-corrected chi connectivity index (χ3v) is 13.2. The predicted molar refractivity (Wildman–Crippen MR) is 326 cm³/mol. The molecule has 0 aliphatic carbocycles. The third kappa shape index (κ3) is 26.2. The summed E-state index contributed by atoms with van der Waals surface area (Å²) in [6.07, 6.45) is 6.08. The van der Waals surface area contributed by atoms with Crippen molar-refractivity contribution in [2.45, 2.75) is 171 Å². The van der Waals surface area contributed by atoms with E-state index in [4.69, 9.17) is 53.8 Å². The van der Waals surface area contributed by atoms with Crippen LogP contribution < -0.4 is 0 Å². The summed E-state index contributed by atoms with van der Waals surface area (Å²) in [5.74, 6) is 3.48. The van der Waals surface area contributed by atoms with Crippen molar-refractivity contribution in [3.05, 3.63) is 128 Å². The number of hydrogen-bond acceptors (Lipinski definition) is 9. The van der Waals surface area contributed by atoms with Crippen LogP contribution in [0, 0.1) is 40.4 Å². The smallest absolute Gasteiger partial charge is 0.0701 e. The minimum atomic E-state index is 0. The molecule has 4 aromatic carbocycles. The Kier molecular flexibility index (Phi) is 37.3. The van der Waals surface area contributed by atoms with Crippen molar-refractivity contribution in [1.82, 2.24) is 0 Å². The normalized spacial score (nSPS) is 15.5. The molecule has 78 heavy (non-hydrogen) atoms. The zero-order valence-electron chi connectivity index (χ0n) is 51.1. The number of benzene rings is 4. The molecule has 2 saturated heterocycles. The molecule has 0 aromatic heterocycles. The molecule has 0 unspecified atom stereocenters. The molecule has 2 fully saturated rings. The summed E-state index contributed by atoms with van der Waals surface area (Å²) < 4.78 is 36.9. The van der Waals surface area contributed by atoms with Crippen LogP contribution in [0.4, 0.5) is 22.7 Å². The van der Waals surface area contributed by atoms with Crippen LogP contribution in [0.15, 0.2) is 82.8 Å². The van der Waals surface area contributed by atoms with E-state index in [0.29, 0.717) is 127 Å². The summed E-state index contributed by atoms with van der Waals surface area (Å²) in [4.78, 5) is 9.71. The first-order valence-corrected chi connectivity index (χ1v) is 29.0. The maximum absolute atomic E-state index is 5.33. The topological polar surface area (TPSA) is 118 Å². The van der Waals surface area contributed by atoms with Crippen molar-refractivity contribution in [1.29, 1.82) is 0 Å². The maximum Gasteiger partial charge on any atom is 0.0701 e. The fourth-order valence-corrected chi connectivity index (χ4v) is 8.76. The van der Waals surface area contributed by atoms with Gasteiger partial charge in [0.2, 0.25) is 0 Å². The number of para-hydroxylation sites is 4. The Bertz CT molecular complexity index is 1950. The summed E-state index contributed by atoms with van der Waals surface area (Å²) in [5.41, 5.74) is 14.6. The second-order valence-corrected chi connectivity index (χ2v) is 22.1. The molecule has 0 amide bonds. The van der Waals surface area contributed by atoms with Gasteiger partial charge in [0.15, 0.2) is 0 Å². The van der Waals surface area contributed by atoms with Crippen LogP contribution in [0.1, 0.15) is 215 Å². The molecule has 0 spiro atoms. The van der Waals surface area contributed by atoms with Gasteiger partial charge in [-0.1, -0.05) is 196 Å². The van der Waals surface area contributed by atoms with Gasteiger partial charge in [0.25, 0.3) is 0 Å². The fourth-order valence-electron chi connectivity index (χ4n) is 8.76. The van der Waals surface area contributed by atoms with Crippen molar-refractivity contribution >= 4 is 35.4 Å². The Morgan fingerprint density at radius 1 is 0.295 bits per heavy atom. The predicted octanol–water partition coefficient (Wildman–Crippen LogP) is 18.0. The minimum absolute atomic E-state index is 0. The van der Waals surface area contributed by atoms with E-state index in [0.717, 1.165) is 36.0 Å². The van der Waals surface area contributed by atoms with Crippen LogP contribution in [0.3, 0.4) is 0 Å². The quantitative estimate of drug-likeness (QED) is 0.0911. The second-order valence-electron chi connectivity index (χ2n) is 22.1. The SMILES string of the molecule is C1CCOC1.C1COCCOCCOCCOCCOCCO1.CC(C)c1cccc(C(C)C)c1N=C[N-]c1c(C(C)C)cccc1C(C)C.CC(C)c1cccc(C(C)C)c1N=C[N-]c1c(C(C)C)cccc1C(C)C.[Sm]. The van der Waals surface area contributed by atoms with Gasteiger partial charge >= 0.3 is 0 Å². The van der Waals surface area contributed by atoms with Gasteiger partial charge in [-0.15, -0.1) is 0 Å². The molecule has 4 aromatic rings. The molecule has 0 atom stereocenters. The minimum Gasteiger partial charge on any atom is -0.443 e. The molecular weight excluding hydrogens is 1110 g/mol. The Labute approximate surface area is 506 Å². The first-order valence-electron chi connectivity index (χ1n) is 29.0. The van der Waals surface area contributed by atoms with E-state index in [-0.39, 0.29) is 40.4 Å². The third-order valence-electron chi connectivity index (χ3n) is 13.2. The van der Waals surface area contributed by atoms with Gasteiger partial charge in [0.1, 0.15) is 0 Å². The van der Waals surface area contributed by atoms with Gasteiger partial charge in [-0.3, -0.25) is 0 Å². The van der Waals surface area contributed by atoms with Gasteiger partial charge in [-0.2, -0.15) is 0 Å². The Hall–Kier alpha value is -3.12. The number of hydrogen-bond donors (Lipinski definition) is 0. The van der Waals surface area contributed by atoms with Crippen molar-refractivity contribution in [3.63, 3.8) is 0 Å². The van der Waals surface area contributed by atoms with Gasteiger partial charge in [0.05, 0.1) is 79.3 Å². The van der Waals surface area contributed by atoms with E-state index >= 15 is 0 Å². The molecule has 0 bridgehead atoms. The Morgan fingerprint density at radius 2 is 0.474 bits per heavy atom. The molecule has 11 nitrogen and oxygen atoms in total. The summed E-state index contributed by atoms with van der Waals surface area (Å²) in [6, 6.07) is 26.1. The number of nitrogens with zero attached hydrogens (tertiary/aromatic N) is 4. The average Bonchev–Trinajstić information content (AvgIpc) is 4.00. The van der Waals surface area contributed by atoms with Gasteiger partial charge in [-0.25, -0.2) is 0 Å². The molecule has 2 aliphatic heterocycles. The average molecular weight is 1210 g/mol. The molecular formula is C66H102N4O7Sm-2. The zero-order valence-corrected chi connectivity index (χ0v) is 53.7. The maximum atomic E-state index is 5.33. The monoisotopic (exact) mass is 1210 g/mol. The fraction of sp³-hybridized carbons (Fsp3) is 0.606. The summed E-state index contributed by atoms with van der Waals surface area (Å²) in [5, 5.41) is 9.71. The number of aliphatic imine (C=N–C) groups is 2. The van der Waals surface area contributed by atoms with Crippen LogP contribution in [0.5, 0.6) is 0 Å². The van der Waals surface area contributed by atoms with Crippen molar-refractivity contribution in [3.8, 4) is 0 Å². The Morgan fingerprint density at radius 3 is 0.641 bits per heavy atom. The summed E-state index contributed by atoms with van der Waals surface area (Å²) in [7, 11) is 0. The van der Waals surface area contributed by atoms with E-state index in [1.165, 1.54) is 57.3 Å². The van der Waals surface area contributed by atoms with Crippen molar-refractivity contribution in [2.24, 2.45) is 9.98 Å². The molecule has 2 heterocycles. The molecule has 0 saturated carbocycles. The van der Waals surface area contributed by atoms with Crippen LogP contribution in [-0.2, 0) is 33.2 Å². The van der Waals surface area contributed by atoms with Crippen LogP contribution in [-0.4, -0.2) is 105 Å². The van der Waals surface area contributed by atoms with Crippen LogP contribution in [0.2, 0.25) is 0 Å². The van der Waals surface area contributed by atoms with Gasteiger partial charge in [-0.05, 0) is 127 Å². The standard InChI is InChI=1S/2C25H35N2.C12H24O6.C4H8O.Sm/c2*1-16(2)20-11-9-12-21(17(3)4)24(20)26-15-27-25-22(18(5)6)13-10-14-23(25)19(7)8;1-2-14-5-6-16-9-10-18-12-11-17-8-7-15-4-3-13-1;1-2-4-5-3-1;/h2*9-19H,1-8H3;1-12H2;1-4H2;/q2*-1;;;. The summed E-state index contributed by atoms with van der Waals surface area (Å²) in [6.45, 7) is 44.6. The van der Waals surface area contributed by atoms with Crippen molar-refractivity contribution in [2.75, 3.05) is 92.5 Å². The van der Waals surface area contributed by atoms with Gasteiger partial charge in [0, 0.05) is 53.6 Å². The van der Waals surface area contributed by atoms with Gasteiger partial charge < -0.3 is 53.8 Å². The first kappa shape index (κ1) is 71.0. The second kappa shape index (κ2) is 41.0. The van der Waals surface area contributed by atoms with Crippen LogP contribution in [0.25, 0.3) is 10.6 Å². The largest absolute Gasteiger partial charge is 0.443 e. The Balaban J connectivity index is 0.000000386. The van der Waals surface area contributed by atoms with E-state index in [2.05, 4.69) is 184 Å². The molecule has 436 valence electrons. The van der Waals surface area contributed by atoms with E-state index < -0.39 is 0 Å². The summed E-state index contributed by atoms with van der Waals surface area (Å²) >= 11 is 0. The molecule has 2 aliphatic rings. The zero-order chi connectivity index (χ0) is 56.5. The van der Waals surface area contributed by atoms with E-state index in [1.807, 2.05) is 0 Å². The first-order chi connectivity index (χ1) is 37.0.